The Morgan fingerprint density at radius 3 is 2.59 bits per heavy atom. The van der Waals surface area contributed by atoms with Crippen LogP contribution in [0.1, 0.15) is 12.8 Å². The van der Waals surface area contributed by atoms with Crippen LogP contribution < -0.4 is 0 Å². The van der Waals surface area contributed by atoms with Gasteiger partial charge in [-0.25, -0.2) is 0 Å². The van der Waals surface area contributed by atoms with E-state index in [1.54, 1.807) is 11.4 Å². The van der Waals surface area contributed by atoms with Crippen molar-refractivity contribution in [2.45, 2.75) is 12.8 Å². The molecular formula is C10H22ClN3O2S. The van der Waals surface area contributed by atoms with Crippen LogP contribution in [-0.2, 0) is 10.2 Å². The van der Waals surface area contributed by atoms with Crippen LogP contribution in [0.15, 0.2) is 0 Å². The van der Waals surface area contributed by atoms with Gasteiger partial charge in [0.15, 0.2) is 0 Å². The largest absolute Gasteiger partial charge is 0.305 e. The second kappa shape index (κ2) is 6.89. The first-order valence-electron chi connectivity index (χ1n) is 5.94. The van der Waals surface area contributed by atoms with Crippen LogP contribution in [0.25, 0.3) is 0 Å². The summed E-state index contributed by atoms with van der Waals surface area (Å²) in [6.07, 6.45) is 1.57. The van der Waals surface area contributed by atoms with Crippen LogP contribution >= 0.6 is 11.6 Å². The third-order valence-electron chi connectivity index (χ3n) is 3.01. The summed E-state index contributed by atoms with van der Waals surface area (Å²) in [7, 11) is 0.343. The molecule has 0 atom stereocenters. The smallest absolute Gasteiger partial charge is 0.281 e. The standard InChI is InChI=1S/C10H22ClN3O2S/c1-12-6-4-8-14(10-9-12)17(15,16)13(2)7-3-5-11/h3-10H2,1-2H3. The van der Waals surface area contributed by atoms with Crippen LogP contribution in [0.2, 0.25) is 0 Å². The summed E-state index contributed by atoms with van der Waals surface area (Å²) >= 11 is 5.58. The lowest BCUT2D eigenvalue weighted by molar-refractivity contribution is 0.336. The molecular weight excluding hydrogens is 262 g/mol. The fourth-order valence-electron chi connectivity index (χ4n) is 1.85. The van der Waals surface area contributed by atoms with Crippen molar-refractivity contribution in [3.8, 4) is 0 Å². The molecule has 0 aromatic carbocycles. The van der Waals surface area contributed by atoms with Gasteiger partial charge in [-0.3, -0.25) is 0 Å². The van der Waals surface area contributed by atoms with Crippen LogP contribution in [0.4, 0.5) is 0 Å². The fraction of sp³-hybridized carbons (Fsp3) is 1.00. The van der Waals surface area contributed by atoms with Gasteiger partial charge in [-0.2, -0.15) is 17.0 Å². The Hall–Kier alpha value is 0.120. The normalized spacial score (nSPS) is 20.7. The zero-order valence-corrected chi connectivity index (χ0v) is 12.2. The van der Waals surface area contributed by atoms with Gasteiger partial charge in [0.1, 0.15) is 0 Å². The Morgan fingerprint density at radius 2 is 1.94 bits per heavy atom. The number of likely N-dealkylation sites (N-methyl/N-ethyl adjacent to an activating group) is 1. The topological polar surface area (TPSA) is 43.9 Å². The van der Waals surface area contributed by atoms with Gasteiger partial charge in [0.25, 0.3) is 10.2 Å². The number of halogens is 1. The lowest BCUT2D eigenvalue weighted by atomic mass is 10.4. The molecule has 17 heavy (non-hydrogen) atoms. The zero-order valence-electron chi connectivity index (χ0n) is 10.6. The van der Waals surface area contributed by atoms with Gasteiger partial charge >= 0.3 is 0 Å². The van der Waals surface area contributed by atoms with Crippen LogP contribution in [-0.4, -0.2) is 74.6 Å². The van der Waals surface area contributed by atoms with E-state index in [0.29, 0.717) is 31.9 Å². The second-order valence-electron chi connectivity index (χ2n) is 4.43. The quantitative estimate of drug-likeness (QED) is 0.688. The van der Waals surface area contributed by atoms with E-state index < -0.39 is 10.2 Å². The minimum Gasteiger partial charge on any atom is -0.305 e. The molecule has 5 nitrogen and oxygen atoms in total. The first-order chi connectivity index (χ1) is 7.98. The molecule has 0 saturated carbocycles. The van der Waals surface area contributed by atoms with Gasteiger partial charge in [-0.15, -0.1) is 11.6 Å². The number of alkyl halides is 1. The molecule has 1 saturated heterocycles. The Balaban J connectivity index is 2.62. The first-order valence-corrected chi connectivity index (χ1v) is 7.87. The molecule has 7 heteroatoms. The molecule has 0 aliphatic carbocycles. The highest BCUT2D eigenvalue weighted by molar-refractivity contribution is 7.86. The van der Waals surface area contributed by atoms with Crippen molar-refractivity contribution in [2.24, 2.45) is 0 Å². The van der Waals surface area contributed by atoms with Gasteiger partial charge < -0.3 is 4.90 Å². The van der Waals surface area contributed by atoms with Gasteiger partial charge in [0.2, 0.25) is 0 Å². The molecule has 0 unspecified atom stereocenters. The predicted molar refractivity (Wildman–Crippen MR) is 70.6 cm³/mol. The maximum atomic E-state index is 12.2. The summed E-state index contributed by atoms with van der Waals surface area (Å²) in [4.78, 5) is 2.16. The molecule has 0 radical (unpaired) electrons. The van der Waals surface area contributed by atoms with Crippen molar-refractivity contribution in [1.82, 2.24) is 13.5 Å². The monoisotopic (exact) mass is 283 g/mol. The van der Waals surface area contributed by atoms with Crippen LogP contribution in [0.3, 0.4) is 0 Å². The molecule has 0 aromatic heterocycles. The van der Waals surface area contributed by atoms with E-state index in [0.717, 1.165) is 19.5 Å². The lowest BCUT2D eigenvalue weighted by Gasteiger charge is -2.26. The molecule has 0 aromatic rings. The minimum atomic E-state index is -3.30. The molecule has 1 rings (SSSR count). The van der Waals surface area contributed by atoms with E-state index in [1.165, 1.54) is 4.31 Å². The summed E-state index contributed by atoms with van der Waals surface area (Å²) in [6, 6.07) is 0. The van der Waals surface area contributed by atoms with Crippen molar-refractivity contribution in [2.75, 3.05) is 52.7 Å². The number of nitrogens with zero attached hydrogens (tertiary/aromatic N) is 3. The third kappa shape index (κ3) is 4.37. The molecule has 1 heterocycles. The molecule has 0 spiro atoms. The van der Waals surface area contributed by atoms with E-state index in [2.05, 4.69) is 4.90 Å². The highest BCUT2D eigenvalue weighted by Crippen LogP contribution is 2.11. The molecule has 0 N–H and O–H groups in total. The average Bonchev–Trinajstić information content (AvgIpc) is 2.51. The SMILES string of the molecule is CN1CCCN(S(=O)(=O)N(C)CCCCl)CC1. The first kappa shape index (κ1) is 15.2. The van der Waals surface area contributed by atoms with Gasteiger partial charge in [-0.1, -0.05) is 0 Å². The number of hydrogen-bond donors (Lipinski definition) is 0. The molecule has 102 valence electrons. The molecule has 0 amide bonds. The number of rotatable bonds is 5. The van der Waals surface area contributed by atoms with Crippen molar-refractivity contribution in [3.63, 3.8) is 0 Å². The minimum absolute atomic E-state index is 0.484. The average molecular weight is 284 g/mol. The lowest BCUT2D eigenvalue weighted by Crippen LogP contribution is -2.43. The van der Waals surface area contributed by atoms with E-state index in [9.17, 15) is 8.42 Å². The van der Waals surface area contributed by atoms with Crippen molar-refractivity contribution < 1.29 is 8.42 Å². The maximum Gasteiger partial charge on any atom is 0.281 e. The summed E-state index contributed by atoms with van der Waals surface area (Å²) in [5.74, 6) is 0.489. The molecule has 1 fully saturated rings. The fourth-order valence-corrected chi connectivity index (χ4v) is 3.39. The Bertz CT molecular complexity index is 324. The van der Waals surface area contributed by atoms with E-state index in [1.807, 2.05) is 7.05 Å². The Kier molecular flexibility index (Phi) is 6.16. The highest BCUT2D eigenvalue weighted by Gasteiger charge is 2.27. The Morgan fingerprint density at radius 1 is 1.24 bits per heavy atom. The predicted octanol–water partition coefficient (Wildman–Crippen LogP) is 0.429. The van der Waals surface area contributed by atoms with E-state index in [4.69, 9.17) is 11.6 Å². The van der Waals surface area contributed by atoms with Crippen molar-refractivity contribution >= 4 is 21.8 Å². The summed E-state index contributed by atoms with van der Waals surface area (Å²) in [5, 5.41) is 0. The summed E-state index contributed by atoms with van der Waals surface area (Å²) in [5.41, 5.74) is 0. The van der Waals surface area contributed by atoms with E-state index >= 15 is 0 Å². The third-order valence-corrected chi connectivity index (χ3v) is 5.26. The van der Waals surface area contributed by atoms with Gasteiger partial charge in [0.05, 0.1) is 0 Å². The summed E-state index contributed by atoms with van der Waals surface area (Å²) in [6.45, 7) is 3.42. The van der Waals surface area contributed by atoms with E-state index in [-0.39, 0.29) is 0 Å². The highest BCUT2D eigenvalue weighted by atomic mass is 35.5. The van der Waals surface area contributed by atoms with Crippen molar-refractivity contribution in [3.05, 3.63) is 0 Å². The molecule has 1 aliphatic heterocycles. The Labute approximate surface area is 109 Å². The van der Waals surface area contributed by atoms with Crippen molar-refractivity contribution in [1.29, 1.82) is 0 Å². The van der Waals surface area contributed by atoms with Crippen LogP contribution in [0, 0.1) is 0 Å². The second-order valence-corrected chi connectivity index (χ2v) is 6.84. The van der Waals surface area contributed by atoms with Gasteiger partial charge in [-0.05, 0) is 26.4 Å². The zero-order chi connectivity index (χ0) is 12.9. The summed E-state index contributed by atoms with van der Waals surface area (Å²) < 4.78 is 27.5. The number of hydrogen-bond acceptors (Lipinski definition) is 3. The van der Waals surface area contributed by atoms with Crippen LogP contribution in [0.5, 0.6) is 0 Å². The maximum absolute atomic E-state index is 12.2. The van der Waals surface area contributed by atoms with Gasteiger partial charge in [0, 0.05) is 39.1 Å². The molecule has 1 aliphatic rings. The molecule has 0 bridgehead atoms.